The first kappa shape index (κ1) is 11.5. The fraction of sp³-hybridized carbons (Fsp3) is 0.750. The average Bonchev–Trinajstić information content (AvgIpc) is 2.03. The largest absolute Gasteiger partial charge is 0.346 e. The molecule has 1 amide bonds. The number of Topliss-reactive ketones (excluding diaryl/α,β-unsaturated/α-hetero) is 1. The van der Waals surface area contributed by atoms with Crippen molar-refractivity contribution in [3.8, 4) is 0 Å². The number of carbonyl (C=O) groups is 2. The summed E-state index contributed by atoms with van der Waals surface area (Å²) in [6.45, 7) is 3.50. The highest BCUT2D eigenvalue weighted by atomic mass is 32.2. The van der Waals surface area contributed by atoms with Gasteiger partial charge in [0.25, 0.3) is 0 Å². The van der Waals surface area contributed by atoms with Gasteiger partial charge in [-0.1, -0.05) is 6.92 Å². The number of carbonyl (C=O) groups excluding carboxylic acids is 2. The molecule has 0 saturated heterocycles. The Morgan fingerprint density at radius 3 is 2.50 bits per heavy atom. The molecular formula is C8H15NO2S. The smallest absolute Gasteiger partial charge is 0.230 e. The highest BCUT2D eigenvalue weighted by Gasteiger charge is 2.12. The lowest BCUT2D eigenvalue weighted by Gasteiger charge is -2.10. The van der Waals surface area contributed by atoms with E-state index in [1.54, 1.807) is 13.8 Å². The highest BCUT2D eigenvalue weighted by Crippen LogP contribution is 1.93. The third kappa shape index (κ3) is 4.38. The second-order valence-electron chi connectivity index (χ2n) is 2.54. The second-order valence-corrected chi connectivity index (χ2v) is 3.41. The van der Waals surface area contributed by atoms with Gasteiger partial charge in [0.2, 0.25) is 5.91 Å². The molecule has 0 bridgehead atoms. The van der Waals surface area contributed by atoms with E-state index in [-0.39, 0.29) is 17.7 Å². The molecule has 70 valence electrons. The molecule has 0 aromatic heterocycles. The SMILES string of the molecule is CCC(=O)C(C)NC(=O)CSC. The standard InChI is InChI=1S/C8H15NO2S/c1-4-7(10)6(2)9-8(11)5-12-3/h6H,4-5H2,1-3H3,(H,9,11). The Morgan fingerprint density at radius 1 is 1.50 bits per heavy atom. The molecule has 0 aliphatic rings. The van der Waals surface area contributed by atoms with Crippen LogP contribution < -0.4 is 5.32 Å². The average molecular weight is 189 g/mol. The maximum absolute atomic E-state index is 11.0. The topological polar surface area (TPSA) is 46.2 Å². The molecule has 0 heterocycles. The second kappa shape index (κ2) is 6.06. The number of nitrogens with one attached hydrogen (secondary N) is 1. The van der Waals surface area contributed by atoms with Crippen molar-refractivity contribution >= 4 is 23.5 Å². The van der Waals surface area contributed by atoms with Crippen LogP contribution in [0.1, 0.15) is 20.3 Å². The van der Waals surface area contributed by atoms with Crippen molar-refractivity contribution in [1.82, 2.24) is 5.32 Å². The lowest BCUT2D eigenvalue weighted by molar-refractivity contribution is -0.125. The minimum atomic E-state index is -0.338. The van der Waals surface area contributed by atoms with Crippen molar-refractivity contribution in [3.63, 3.8) is 0 Å². The van der Waals surface area contributed by atoms with Crippen LogP contribution in [0.5, 0.6) is 0 Å². The van der Waals surface area contributed by atoms with E-state index in [2.05, 4.69) is 5.32 Å². The number of ketones is 1. The minimum Gasteiger partial charge on any atom is -0.346 e. The van der Waals surface area contributed by atoms with Crippen LogP contribution >= 0.6 is 11.8 Å². The van der Waals surface area contributed by atoms with Gasteiger partial charge in [0.15, 0.2) is 5.78 Å². The quantitative estimate of drug-likeness (QED) is 0.697. The summed E-state index contributed by atoms with van der Waals surface area (Å²) in [6, 6.07) is -0.338. The third-order valence-corrected chi connectivity index (χ3v) is 2.04. The molecule has 0 saturated carbocycles. The van der Waals surface area contributed by atoms with Gasteiger partial charge in [-0.05, 0) is 13.2 Å². The Kier molecular flexibility index (Phi) is 5.80. The lowest BCUT2D eigenvalue weighted by atomic mass is 10.2. The van der Waals surface area contributed by atoms with E-state index in [0.29, 0.717) is 12.2 Å². The summed E-state index contributed by atoms with van der Waals surface area (Å²) in [4.78, 5) is 22.0. The van der Waals surface area contributed by atoms with Gasteiger partial charge >= 0.3 is 0 Å². The summed E-state index contributed by atoms with van der Waals surface area (Å²) in [5.41, 5.74) is 0. The molecule has 3 nitrogen and oxygen atoms in total. The molecule has 1 unspecified atom stereocenters. The summed E-state index contributed by atoms with van der Waals surface area (Å²) < 4.78 is 0. The maximum Gasteiger partial charge on any atom is 0.230 e. The molecule has 0 spiro atoms. The van der Waals surface area contributed by atoms with Crippen LogP contribution in [0.15, 0.2) is 0 Å². The van der Waals surface area contributed by atoms with E-state index in [4.69, 9.17) is 0 Å². The van der Waals surface area contributed by atoms with Gasteiger partial charge in [0.1, 0.15) is 0 Å². The molecule has 1 atom stereocenters. The first-order valence-electron chi connectivity index (χ1n) is 3.92. The van der Waals surface area contributed by atoms with Gasteiger partial charge in [-0.15, -0.1) is 0 Å². The van der Waals surface area contributed by atoms with E-state index in [0.717, 1.165) is 0 Å². The zero-order valence-corrected chi connectivity index (χ0v) is 8.53. The Balaban J connectivity index is 3.75. The summed E-state index contributed by atoms with van der Waals surface area (Å²) in [5, 5.41) is 2.62. The Labute approximate surface area is 77.3 Å². The molecule has 0 aromatic rings. The Bertz CT molecular complexity index is 170. The summed E-state index contributed by atoms with van der Waals surface area (Å²) in [6.07, 6.45) is 2.33. The molecular weight excluding hydrogens is 174 g/mol. The molecule has 1 N–H and O–H groups in total. The zero-order valence-electron chi connectivity index (χ0n) is 7.72. The fourth-order valence-electron chi connectivity index (χ4n) is 0.801. The van der Waals surface area contributed by atoms with E-state index in [1.165, 1.54) is 11.8 Å². The first-order chi connectivity index (χ1) is 5.61. The van der Waals surface area contributed by atoms with Crippen LogP contribution in [0.2, 0.25) is 0 Å². The van der Waals surface area contributed by atoms with Gasteiger partial charge in [0, 0.05) is 6.42 Å². The van der Waals surface area contributed by atoms with Crippen molar-refractivity contribution in [1.29, 1.82) is 0 Å². The van der Waals surface area contributed by atoms with Crippen molar-refractivity contribution < 1.29 is 9.59 Å². The molecule has 0 aliphatic carbocycles. The van der Waals surface area contributed by atoms with E-state index < -0.39 is 0 Å². The van der Waals surface area contributed by atoms with Crippen LogP contribution in [0.3, 0.4) is 0 Å². The number of amides is 1. The number of hydrogen-bond acceptors (Lipinski definition) is 3. The summed E-state index contributed by atoms with van der Waals surface area (Å²) in [7, 11) is 0. The number of thioether (sulfide) groups is 1. The highest BCUT2D eigenvalue weighted by molar-refractivity contribution is 7.99. The number of rotatable bonds is 5. The molecule has 0 rings (SSSR count). The molecule has 0 aliphatic heterocycles. The zero-order chi connectivity index (χ0) is 9.56. The Hall–Kier alpha value is -0.510. The summed E-state index contributed by atoms with van der Waals surface area (Å²) in [5.74, 6) is 0.419. The third-order valence-electron chi connectivity index (χ3n) is 1.48. The molecule has 0 fully saturated rings. The van der Waals surface area contributed by atoms with Crippen LogP contribution in [0.4, 0.5) is 0 Å². The first-order valence-corrected chi connectivity index (χ1v) is 5.32. The molecule has 12 heavy (non-hydrogen) atoms. The van der Waals surface area contributed by atoms with Crippen LogP contribution in [0, 0.1) is 0 Å². The van der Waals surface area contributed by atoms with Gasteiger partial charge in [0.05, 0.1) is 11.8 Å². The maximum atomic E-state index is 11.0. The van der Waals surface area contributed by atoms with Crippen molar-refractivity contribution in [3.05, 3.63) is 0 Å². The van der Waals surface area contributed by atoms with E-state index in [1.807, 2.05) is 6.26 Å². The summed E-state index contributed by atoms with van der Waals surface area (Å²) >= 11 is 1.45. The van der Waals surface area contributed by atoms with Crippen LogP contribution in [-0.4, -0.2) is 29.7 Å². The fourth-order valence-corrected chi connectivity index (χ4v) is 1.15. The van der Waals surface area contributed by atoms with Gasteiger partial charge in [-0.3, -0.25) is 9.59 Å². The van der Waals surface area contributed by atoms with Crippen molar-refractivity contribution in [2.24, 2.45) is 0 Å². The van der Waals surface area contributed by atoms with Gasteiger partial charge in [-0.25, -0.2) is 0 Å². The van der Waals surface area contributed by atoms with Crippen molar-refractivity contribution in [2.75, 3.05) is 12.0 Å². The molecule has 4 heteroatoms. The normalized spacial score (nSPS) is 12.2. The molecule has 0 radical (unpaired) electrons. The Morgan fingerprint density at radius 2 is 2.08 bits per heavy atom. The number of hydrogen-bond donors (Lipinski definition) is 1. The van der Waals surface area contributed by atoms with Gasteiger partial charge < -0.3 is 5.32 Å². The monoisotopic (exact) mass is 189 g/mol. The lowest BCUT2D eigenvalue weighted by Crippen LogP contribution is -2.39. The van der Waals surface area contributed by atoms with Crippen molar-refractivity contribution in [2.45, 2.75) is 26.3 Å². The predicted octanol–water partition coefficient (Wildman–Crippen LogP) is 0.833. The van der Waals surface area contributed by atoms with Gasteiger partial charge in [-0.2, -0.15) is 11.8 Å². The van der Waals surface area contributed by atoms with E-state index >= 15 is 0 Å². The van der Waals surface area contributed by atoms with Crippen LogP contribution in [-0.2, 0) is 9.59 Å². The van der Waals surface area contributed by atoms with Crippen LogP contribution in [0.25, 0.3) is 0 Å². The minimum absolute atomic E-state index is 0.0724. The van der Waals surface area contributed by atoms with E-state index in [9.17, 15) is 9.59 Å². The predicted molar refractivity (Wildman–Crippen MR) is 51.3 cm³/mol. The molecule has 0 aromatic carbocycles.